The van der Waals surface area contributed by atoms with Gasteiger partial charge in [0, 0.05) is 24.1 Å². The smallest absolute Gasteiger partial charge is 0.258 e. The van der Waals surface area contributed by atoms with E-state index >= 15 is 0 Å². The van der Waals surface area contributed by atoms with Crippen LogP contribution >= 0.6 is 0 Å². The van der Waals surface area contributed by atoms with Crippen molar-refractivity contribution >= 4 is 23.2 Å². The second-order valence-corrected chi connectivity index (χ2v) is 5.77. The lowest BCUT2D eigenvalue weighted by molar-refractivity contribution is 0.102. The summed E-state index contributed by atoms with van der Waals surface area (Å²) in [5.74, 6) is -1.68. The summed E-state index contributed by atoms with van der Waals surface area (Å²) in [4.78, 5) is 20.4. The number of aromatic nitrogens is 2. The molecule has 1 aromatic heterocycles. The zero-order valence-electron chi connectivity index (χ0n) is 14.2. The third kappa shape index (κ3) is 3.83. The number of aryl methyl sites for hydroxylation is 2. The van der Waals surface area contributed by atoms with Gasteiger partial charge in [-0.1, -0.05) is 18.2 Å². The molecular formula is C19H16F2N4O. The highest BCUT2D eigenvalue weighted by Crippen LogP contribution is 2.21. The normalized spacial score (nSPS) is 10.5. The minimum Gasteiger partial charge on any atom is -0.322 e. The van der Waals surface area contributed by atoms with Crippen molar-refractivity contribution in [2.45, 2.75) is 13.8 Å². The van der Waals surface area contributed by atoms with Gasteiger partial charge in [0.05, 0.1) is 11.3 Å². The van der Waals surface area contributed by atoms with Gasteiger partial charge in [0.2, 0.25) is 5.95 Å². The second kappa shape index (κ2) is 7.26. The van der Waals surface area contributed by atoms with E-state index in [0.29, 0.717) is 0 Å². The number of nitrogens with one attached hydrogen (secondary N) is 2. The number of hydrogen-bond acceptors (Lipinski definition) is 4. The topological polar surface area (TPSA) is 66.9 Å². The second-order valence-electron chi connectivity index (χ2n) is 5.77. The molecule has 0 fully saturated rings. The fourth-order valence-corrected chi connectivity index (χ4v) is 2.42. The van der Waals surface area contributed by atoms with Crippen LogP contribution in [0.1, 0.15) is 21.5 Å². The first kappa shape index (κ1) is 17.5. The number of carbonyl (C=O) groups is 1. The maximum atomic E-state index is 13.6. The Kier molecular flexibility index (Phi) is 4.88. The largest absolute Gasteiger partial charge is 0.322 e. The van der Waals surface area contributed by atoms with Crippen molar-refractivity contribution in [2.75, 3.05) is 10.6 Å². The average Bonchev–Trinajstić information content (AvgIpc) is 2.61. The van der Waals surface area contributed by atoms with Gasteiger partial charge in [-0.3, -0.25) is 4.79 Å². The van der Waals surface area contributed by atoms with Crippen molar-refractivity contribution in [1.29, 1.82) is 0 Å². The fraction of sp³-hybridized carbons (Fsp3) is 0.105. The molecule has 0 spiro atoms. The molecule has 0 unspecified atom stereocenters. The van der Waals surface area contributed by atoms with Crippen molar-refractivity contribution in [3.05, 3.63) is 77.1 Å². The highest BCUT2D eigenvalue weighted by atomic mass is 19.1. The van der Waals surface area contributed by atoms with Crippen molar-refractivity contribution < 1.29 is 13.6 Å². The maximum Gasteiger partial charge on any atom is 0.258 e. The molecule has 0 aliphatic carbocycles. The Labute approximate surface area is 149 Å². The molecular weight excluding hydrogens is 338 g/mol. The molecule has 3 aromatic rings. The van der Waals surface area contributed by atoms with E-state index in [1.54, 1.807) is 0 Å². The van der Waals surface area contributed by atoms with Gasteiger partial charge in [-0.2, -0.15) is 0 Å². The molecule has 0 aliphatic rings. The van der Waals surface area contributed by atoms with Crippen LogP contribution in [0.25, 0.3) is 0 Å². The summed E-state index contributed by atoms with van der Waals surface area (Å²) in [6, 6.07) is 8.85. The van der Waals surface area contributed by atoms with E-state index in [1.165, 1.54) is 18.5 Å². The first-order valence-electron chi connectivity index (χ1n) is 7.86. The van der Waals surface area contributed by atoms with Gasteiger partial charge in [0.1, 0.15) is 11.6 Å². The summed E-state index contributed by atoms with van der Waals surface area (Å²) < 4.78 is 26.6. The van der Waals surface area contributed by atoms with E-state index in [4.69, 9.17) is 0 Å². The summed E-state index contributed by atoms with van der Waals surface area (Å²) >= 11 is 0. The SMILES string of the molecule is Cc1cccc(C)c1NC(=O)c1cnc(Nc2ccc(F)cc2F)nc1. The van der Waals surface area contributed by atoms with E-state index in [2.05, 4.69) is 20.6 Å². The fourth-order valence-electron chi connectivity index (χ4n) is 2.42. The van der Waals surface area contributed by atoms with Crippen LogP contribution in [0.5, 0.6) is 0 Å². The lowest BCUT2D eigenvalue weighted by Gasteiger charge is -2.11. The Morgan fingerprint density at radius 1 is 1.00 bits per heavy atom. The molecule has 1 heterocycles. The van der Waals surface area contributed by atoms with Crippen molar-refractivity contribution in [1.82, 2.24) is 9.97 Å². The molecule has 26 heavy (non-hydrogen) atoms. The third-order valence-electron chi connectivity index (χ3n) is 3.81. The van der Waals surface area contributed by atoms with Gasteiger partial charge >= 0.3 is 0 Å². The first-order valence-corrected chi connectivity index (χ1v) is 7.86. The Bertz CT molecular complexity index is 938. The predicted octanol–water partition coefficient (Wildman–Crippen LogP) is 4.37. The molecule has 0 bridgehead atoms. The summed E-state index contributed by atoms with van der Waals surface area (Å²) in [6.07, 6.45) is 2.67. The van der Waals surface area contributed by atoms with E-state index in [1.807, 2.05) is 32.0 Å². The highest BCUT2D eigenvalue weighted by Gasteiger charge is 2.11. The average molecular weight is 354 g/mol. The van der Waals surface area contributed by atoms with Crippen LogP contribution in [-0.2, 0) is 0 Å². The molecule has 0 aliphatic heterocycles. The molecule has 0 saturated carbocycles. The molecule has 0 atom stereocenters. The van der Waals surface area contributed by atoms with Crippen LogP contribution in [0.15, 0.2) is 48.8 Å². The molecule has 2 N–H and O–H groups in total. The van der Waals surface area contributed by atoms with Crippen LogP contribution in [-0.4, -0.2) is 15.9 Å². The van der Waals surface area contributed by atoms with Gasteiger partial charge in [0.15, 0.2) is 0 Å². The van der Waals surface area contributed by atoms with Crippen molar-refractivity contribution in [3.8, 4) is 0 Å². The summed E-state index contributed by atoms with van der Waals surface area (Å²) in [6.45, 7) is 3.81. The number of anilines is 3. The van der Waals surface area contributed by atoms with Crippen LogP contribution in [0.2, 0.25) is 0 Å². The zero-order valence-corrected chi connectivity index (χ0v) is 14.2. The van der Waals surface area contributed by atoms with Crippen LogP contribution in [0, 0.1) is 25.5 Å². The van der Waals surface area contributed by atoms with Crippen LogP contribution in [0.4, 0.5) is 26.1 Å². The van der Waals surface area contributed by atoms with Crippen molar-refractivity contribution in [2.24, 2.45) is 0 Å². The van der Waals surface area contributed by atoms with E-state index < -0.39 is 11.6 Å². The monoisotopic (exact) mass is 354 g/mol. The number of hydrogen-bond donors (Lipinski definition) is 2. The van der Waals surface area contributed by atoms with Gasteiger partial charge in [-0.05, 0) is 37.1 Å². The zero-order chi connectivity index (χ0) is 18.7. The number of para-hydroxylation sites is 1. The summed E-state index contributed by atoms with van der Waals surface area (Å²) in [7, 11) is 0. The number of rotatable bonds is 4. The summed E-state index contributed by atoms with van der Waals surface area (Å²) in [5, 5.41) is 5.48. The molecule has 3 rings (SSSR count). The van der Waals surface area contributed by atoms with Gasteiger partial charge in [0.25, 0.3) is 5.91 Å². The number of benzene rings is 2. The highest BCUT2D eigenvalue weighted by molar-refractivity contribution is 6.04. The molecule has 7 heteroatoms. The van der Waals surface area contributed by atoms with Crippen LogP contribution in [0.3, 0.4) is 0 Å². The van der Waals surface area contributed by atoms with E-state index in [-0.39, 0.29) is 23.1 Å². The lowest BCUT2D eigenvalue weighted by Crippen LogP contribution is -2.14. The molecule has 0 saturated heterocycles. The minimum atomic E-state index is -0.759. The van der Waals surface area contributed by atoms with Gasteiger partial charge < -0.3 is 10.6 Å². The predicted molar refractivity (Wildman–Crippen MR) is 95.5 cm³/mol. The molecule has 5 nitrogen and oxygen atoms in total. The van der Waals surface area contributed by atoms with E-state index in [9.17, 15) is 13.6 Å². The van der Waals surface area contributed by atoms with E-state index in [0.717, 1.165) is 28.9 Å². The summed E-state index contributed by atoms with van der Waals surface area (Å²) in [5.41, 5.74) is 2.94. The number of halogens is 2. The molecule has 132 valence electrons. The number of carbonyl (C=O) groups excluding carboxylic acids is 1. The Hall–Kier alpha value is -3.35. The quantitative estimate of drug-likeness (QED) is 0.730. The third-order valence-corrected chi connectivity index (χ3v) is 3.81. The number of amides is 1. The molecule has 0 radical (unpaired) electrons. The lowest BCUT2D eigenvalue weighted by atomic mass is 10.1. The Morgan fingerprint density at radius 2 is 1.65 bits per heavy atom. The maximum absolute atomic E-state index is 13.6. The first-order chi connectivity index (χ1) is 12.4. The number of nitrogens with zero attached hydrogens (tertiary/aromatic N) is 2. The Balaban J connectivity index is 1.74. The molecule has 2 aromatic carbocycles. The molecule has 1 amide bonds. The van der Waals surface area contributed by atoms with Gasteiger partial charge in [-0.25, -0.2) is 18.7 Å². The Morgan fingerprint density at radius 3 is 2.27 bits per heavy atom. The van der Waals surface area contributed by atoms with Gasteiger partial charge in [-0.15, -0.1) is 0 Å². The standard InChI is InChI=1S/C19H16F2N4O/c1-11-4-3-5-12(2)17(11)25-18(26)13-9-22-19(23-10-13)24-16-7-6-14(20)8-15(16)21/h3-10H,1-2H3,(H,25,26)(H,22,23,24). The minimum absolute atomic E-state index is 0.0409. The van der Waals surface area contributed by atoms with Crippen molar-refractivity contribution in [3.63, 3.8) is 0 Å². The van der Waals surface area contributed by atoms with Crippen LogP contribution < -0.4 is 10.6 Å².